The largest absolute Gasteiger partial charge is 0.450 e. The Hall–Kier alpha value is -0.580. The van der Waals surface area contributed by atoms with Gasteiger partial charge in [-0.2, -0.15) is 0 Å². The molecular weight excluding hydrogens is 197 g/mol. The molecule has 0 atom stereocenters. The van der Waals surface area contributed by atoms with Crippen LogP contribution in [0.25, 0.3) is 0 Å². The second-order valence-electron chi connectivity index (χ2n) is 2.05. The summed E-state index contributed by atoms with van der Waals surface area (Å²) in [6.45, 7) is 3.25. The minimum atomic E-state index is -2.04. The van der Waals surface area contributed by atoms with Crippen molar-refractivity contribution in [2.75, 3.05) is 19.8 Å². The van der Waals surface area contributed by atoms with Gasteiger partial charge in [-0.3, -0.25) is 4.57 Å². The first-order chi connectivity index (χ1) is 6.16. The van der Waals surface area contributed by atoms with Crippen molar-refractivity contribution in [2.45, 2.75) is 13.3 Å². The van der Waals surface area contributed by atoms with Crippen LogP contribution in [0.1, 0.15) is 13.3 Å². The Bertz CT molecular complexity index is 166. The Labute approximate surface area is 77.3 Å². The topological polar surface area (TPSA) is 87.9 Å². The highest BCUT2D eigenvalue weighted by molar-refractivity contribution is 7.33. The molecule has 0 aliphatic carbocycles. The van der Waals surface area contributed by atoms with E-state index in [0.717, 1.165) is 6.42 Å². The van der Waals surface area contributed by atoms with Gasteiger partial charge >= 0.3 is 14.3 Å². The molecule has 1 heterocycles. The lowest BCUT2D eigenvalue weighted by molar-refractivity contribution is 0.163. The summed E-state index contributed by atoms with van der Waals surface area (Å²) in [5, 5.41) is 0. The Morgan fingerprint density at radius 1 is 1.54 bits per heavy atom. The van der Waals surface area contributed by atoms with Crippen LogP contribution in [0, 0.1) is 0 Å². The number of hydrogen-bond donors (Lipinski definition) is 1. The van der Waals surface area contributed by atoms with Gasteiger partial charge in [-0.25, -0.2) is 4.79 Å². The highest BCUT2D eigenvalue weighted by atomic mass is 31.1. The van der Waals surface area contributed by atoms with Gasteiger partial charge in [0.1, 0.15) is 0 Å². The average Bonchev–Trinajstić information content (AvgIpc) is 2.06. The van der Waals surface area contributed by atoms with Crippen molar-refractivity contribution in [2.24, 2.45) is 5.73 Å². The minimum Gasteiger partial charge on any atom is -0.450 e. The molecule has 2 N–H and O–H groups in total. The fraction of sp³-hybridized carbons (Fsp3) is 0.833. The summed E-state index contributed by atoms with van der Waals surface area (Å²) in [6, 6.07) is 0. The molecule has 1 saturated heterocycles. The normalized spacial score (nSPS) is 17.0. The zero-order valence-electron chi connectivity index (χ0n) is 7.45. The van der Waals surface area contributed by atoms with Crippen LogP contribution in [0.3, 0.4) is 0 Å². The van der Waals surface area contributed by atoms with E-state index in [4.69, 9.17) is 0 Å². The van der Waals surface area contributed by atoms with Crippen LogP contribution < -0.4 is 5.73 Å². The number of rotatable bonds is 1. The molecule has 0 bridgehead atoms. The predicted molar refractivity (Wildman–Crippen MR) is 46.7 cm³/mol. The van der Waals surface area contributed by atoms with Crippen LogP contribution in [0.15, 0.2) is 0 Å². The molecule has 0 aromatic rings. The SMILES string of the molecule is CCOC(N)=O.O=[PH]1OCCCO1. The quantitative estimate of drug-likeness (QED) is 0.651. The summed E-state index contributed by atoms with van der Waals surface area (Å²) in [6.07, 6.45) is 0.161. The van der Waals surface area contributed by atoms with Crippen molar-refractivity contribution in [1.29, 1.82) is 0 Å². The number of nitrogens with two attached hydrogens (primary N) is 1. The lowest BCUT2D eigenvalue weighted by Gasteiger charge is -2.09. The Kier molecular flexibility index (Phi) is 7.68. The van der Waals surface area contributed by atoms with Crippen molar-refractivity contribution in [3.8, 4) is 0 Å². The van der Waals surface area contributed by atoms with E-state index in [1.54, 1.807) is 6.92 Å². The van der Waals surface area contributed by atoms with E-state index in [9.17, 15) is 9.36 Å². The zero-order chi connectivity index (χ0) is 10.1. The summed E-state index contributed by atoms with van der Waals surface area (Å²) >= 11 is 0. The number of amides is 1. The molecule has 1 fully saturated rings. The van der Waals surface area contributed by atoms with Crippen molar-refractivity contribution >= 4 is 14.3 Å². The number of ether oxygens (including phenoxy) is 1. The summed E-state index contributed by atoms with van der Waals surface area (Å²) < 4.78 is 23.6. The van der Waals surface area contributed by atoms with E-state index >= 15 is 0 Å². The van der Waals surface area contributed by atoms with Gasteiger partial charge in [0, 0.05) is 0 Å². The van der Waals surface area contributed by atoms with Gasteiger partial charge < -0.3 is 19.5 Å². The first kappa shape index (κ1) is 12.4. The third kappa shape index (κ3) is 9.33. The maximum absolute atomic E-state index is 10.2. The molecule has 0 saturated carbocycles. The van der Waals surface area contributed by atoms with Gasteiger partial charge in [0.2, 0.25) is 0 Å². The highest BCUT2D eigenvalue weighted by Gasteiger charge is 2.04. The van der Waals surface area contributed by atoms with E-state index < -0.39 is 14.3 Å². The standard InChI is InChI=1S/C3H7NO2.C3H7O3P/c1-2-6-3(4)5;4-7-5-2-1-3-6-7/h2H2,1H3,(H2,4,5);7H,1-3H2. The maximum Gasteiger partial charge on any atom is 0.404 e. The van der Waals surface area contributed by atoms with Crippen molar-refractivity contribution in [3.05, 3.63) is 0 Å². The predicted octanol–water partition coefficient (Wildman–Crippen LogP) is 0.915. The van der Waals surface area contributed by atoms with E-state index in [1.807, 2.05) is 0 Å². The van der Waals surface area contributed by atoms with Gasteiger partial charge in [-0.15, -0.1) is 0 Å². The number of primary amides is 1. The number of carbonyl (C=O) groups is 1. The molecule has 6 nitrogen and oxygen atoms in total. The van der Waals surface area contributed by atoms with Crippen LogP contribution in [-0.2, 0) is 18.3 Å². The lowest BCUT2D eigenvalue weighted by atomic mass is 10.5. The number of hydrogen-bond acceptors (Lipinski definition) is 5. The molecular formula is C6H14NO5P. The monoisotopic (exact) mass is 211 g/mol. The second kappa shape index (κ2) is 8.04. The molecule has 1 aliphatic rings. The van der Waals surface area contributed by atoms with Gasteiger partial charge in [-0.1, -0.05) is 0 Å². The van der Waals surface area contributed by atoms with Crippen LogP contribution in [0.5, 0.6) is 0 Å². The molecule has 13 heavy (non-hydrogen) atoms. The van der Waals surface area contributed by atoms with E-state index in [-0.39, 0.29) is 0 Å². The first-order valence-electron chi connectivity index (χ1n) is 3.88. The molecule has 0 unspecified atom stereocenters. The molecule has 1 aliphatic heterocycles. The van der Waals surface area contributed by atoms with Crippen LogP contribution in [0.4, 0.5) is 4.79 Å². The minimum absolute atomic E-state index is 0.356. The third-order valence-corrected chi connectivity index (χ3v) is 1.89. The molecule has 0 spiro atoms. The summed E-state index contributed by atoms with van der Waals surface area (Å²) in [5.74, 6) is 0. The van der Waals surface area contributed by atoms with Gasteiger partial charge in [-0.05, 0) is 13.3 Å². The molecule has 7 heteroatoms. The van der Waals surface area contributed by atoms with Crippen molar-refractivity contribution < 1.29 is 23.1 Å². The van der Waals surface area contributed by atoms with Gasteiger partial charge in [0.25, 0.3) is 0 Å². The summed E-state index contributed by atoms with van der Waals surface area (Å²) in [7, 11) is -2.04. The second-order valence-corrected chi connectivity index (χ2v) is 3.13. The van der Waals surface area contributed by atoms with E-state index in [1.165, 1.54) is 0 Å². The summed E-state index contributed by atoms with van der Waals surface area (Å²) in [4.78, 5) is 9.60. The fourth-order valence-electron chi connectivity index (χ4n) is 0.554. The van der Waals surface area contributed by atoms with Crippen molar-refractivity contribution in [1.82, 2.24) is 0 Å². The smallest absolute Gasteiger partial charge is 0.404 e. The third-order valence-electron chi connectivity index (χ3n) is 1.02. The maximum atomic E-state index is 10.2. The molecule has 0 aromatic heterocycles. The van der Waals surface area contributed by atoms with E-state index in [0.29, 0.717) is 19.8 Å². The van der Waals surface area contributed by atoms with E-state index in [2.05, 4.69) is 19.5 Å². The Morgan fingerprint density at radius 3 is 2.23 bits per heavy atom. The Morgan fingerprint density at radius 2 is 2.08 bits per heavy atom. The first-order valence-corrected chi connectivity index (χ1v) is 5.11. The lowest BCUT2D eigenvalue weighted by Crippen LogP contribution is -2.11. The molecule has 1 rings (SSSR count). The zero-order valence-corrected chi connectivity index (χ0v) is 8.45. The van der Waals surface area contributed by atoms with Crippen LogP contribution in [-0.4, -0.2) is 25.9 Å². The molecule has 78 valence electrons. The Balaban J connectivity index is 0.000000226. The number of carbonyl (C=O) groups excluding carboxylic acids is 1. The van der Waals surface area contributed by atoms with Gasteiger partial charge in [0.05, 0.1) is 19.8 Å². The molecule has 0 radical (unpaired) electrons. The average molecular weight is 211 g/mol. The molecule has 1 amide bonds. The van der Waals surface area contributed by atoms with Crippen LogP contribution >= 0.6 is 8.25 Å². The highest BCUT2D eigenvalue weighted by Crippen LogP contribution is 2.27. The van der Waals surface area contributed by atoms with Gasteiger partial charge in [0.15, 0.2) is 0 Å². The fourth-order valence-corrected chi connectivity index (χ4v) is 1.26. The van der Waals surface area contributed by atoms with Crippen LogP contribution in [0.2, 0.25) is 0 Å². The molecule has 0 aromatic carbocycles. The summed E-state index contributed by atoms with van der Waals surface area (Å²) in [5.41, 5.74) is 4.54. The van der Waals surface area contributed by atoms with Crippen molar-refractivity contribution in [3.63, 3.8) is 0 Å².